The van der Waals surface area contributed by atoms with Crippen molar-refractivity contribution in [1.29, 1.82) is 0 Å². The molecule has 0 bridgehead atoms. The summed E-state index contributed by atoms with van der Waals surface area (Å²) >= 11 is 0. The van der Waals surface area contributed by atoms with Crippen LogP contribution in [0.15, 0.2) is 52.8 Å². The number of halogens is 1. The number of benzene rings is 1. The molecule has 1 aromatic carbocycles. The first-order valence-corrected chi connectivity index (χ1v) is 5.96. The zero-order chi connectivity index (χ0) is 15.4. The number of carboxylic acid groups (broad SMARTS) is 1. The molecular formula is C15H11FO5. The normalized spacial score (nSPS) is 11.4. The molecule has 0 saturated heterocycles. The zero-order valence-corrected chi connectivity index (χ0v) is 10.7. The first-order chi connectivity index (χ1) is 9.97. The molecule has 0 unspecified atom stereocenters. The van der Waals surface area contributed by atoms with E-state index in [1.807, 2.05) is 0 Å². The van der Waals surface area contributed by atoms with Crippen LogP contribution in [0.2, 0.25) is 0 Å². The lowest BCUT2D eigenvalue weighted by atomic mass is 10.0. The van der Waals surface area contributed by atoms with E-state index in [4.69, 9.17) is 14.6 Å². The van der Waals surface area contributed by atoms with E-state index in [-0.39, 0.29) is 12.2 Å². The van der Waals surface area contributed by atoms with Crippen LogP contribution >= 0.6 is 0 Å². The highest BCUT2D eigenvalue weighted by Gasteiger charge is 2.16. The van der Waals surface area contributed by atoms with Gasteiger partial charge < -0.3 is 14.6 Å². The predicted molar refractivity (Wildman–Crippen MR) is 70.6 cm³/mol. The summed E-state index contributed by atoms with van der Waals surface area (Å²) in [6.07, 6.45) is 2.08. The molecule has 2 aromatic rings. The number of carbonyl (C=O) groups excluding carboxylic acids is 1. The topological polar surface area (TPSA) is 87.7 Å². The molecule has 5 nitrogen and oxygen atoms in total. The summed E-state index contributed by atoms with van der Waals surface area (Å²) in [5.74, 6) is -3.94. The standard InChI is InChI=1S/C15H11FO5/c16-11-3-1-2-9(7-11)6-10-4-5-21-14(10)12(17)8-13(18)15(19)20/h1-5,7-8,18H,6H2,(H,19,20)/b13-8-. The smallest absolute Gasteiger partial charge is 0.371 e. The third-order valence-electron chi connectivity index (χ3n) is 2.74. The minimum absolute atomic E-state index is 0.0907. The average Bonchev–Trinajstić information content (AvgIpc) is 2.86. The fourth-order valence-electron chi connectivity index (χ4n) is 1.81. The number of carbonyl (C=O) groups is 2. The minimum atomic E-state index is -1.61. The maximum atomic E-state index is 13.1. The Balaban J connectivity index is 2.25. The minimum Gasteiger partial charge on any atom is -0.502 e. The van der Waals surface area contributed by atoms with E-state index in [0.29, 0.717) is 17.2 Å². The molecule has 0 radical (unpaired) electrons. The maximum Gasteiger partial charge on any atom is 0.371 e. The van der Waals surface area contributed by atoms with E-state index in [0.717, 1.165) is 0 Å². The van der Waals surface area contributed by atoms with Gasteiger partial charge in [0.05, 0.1) is 6.26 Å². The van der Waals surface area contributed by atoms with Crippen LogP contribution in [0.1, 0.15) is 21.7 Å². The largest absolute Gasteiger partial charge is 0.502 e. The van der Waals surface area contributed by atoms with Crippen molar-refractivity contribution in [3.63, 3.8) is 0 Å². The van der Waals surface area contributed by atoms with Gasteiger partial charge in [-0.3, -0.25) is 4.79 Å². The summed E-state index contributed by atoms with van der Waals surface area (Å²) in [6, 6.07) is 7.39. The molecule has 0 spiro atoms. The SMILES string of the molecule is O=C(O)/C(O)=C/C(=O)c1occc1Cc1cccc(F)c1. The molecule has 0 aliphatic heterocycles. The highest BCUT2D eigenvalue weighted by molar-refractivity contribution is 6.06. The van der Waals surface area contributed by atoms with Gasteiger partial charge in [-0.2, -0.15) is 0 Å². The summed E-state index contributed by atoms with van der Waals surface area (Å²) in [7, 11) is 0. The molecule has 1 heterocycles. The van der Waals surface area contributed by atoms with Crippen LogP contribution in [0.3, 0.4) is 0 Å². The second-order valence-electron chi connectivity index (χ2n) is 4.28. The lowest BCUT2D eigenvalue weighted by molar-refractivity contribution is -0.135. The van der Waals surface area contributed by atoms with Gasteiger partial charge >= 0.3 is 5.97 Å². The van der Waals surface area contributed by atoms with Gasteiger partial charge in [-0.1, -0.05) is 12.1 Å². The highest BCUT2D eigenvalue weighted by Crippen LogP contribution is 2.18. The van der Waals surface area contributed by atoms with Crippen molar-refractivity contribution in [2.75, 3.05) is 0 Å². The fourth-order valence-corrected chi connectivity index (χ4v) is 1.81. The van der Waals surface area contributed by atoms with Crippen LogP contribution in [0.4, 0.5) is 4.39 Å². The number of ketones is 1. The van der Waals surface area contributed by atoms with Crippen molar-refractivity contribution in [3.8, 4) is 0 Å². The van der Waals surface area contributed by atoms with E-state index in [9.17, 15) is 14.0 Å². The van der Waals surface area contributed by atoms with Crippen LogP contribution in [0.5, 0.6) is 0 Å². The number of aliphatic hydroxyl groups is 1. The lowest BCUT2D eigenvalue weighted by Gasteiger charge is -2.01. The molecule has 108 valence electrons. The molecule has 0 fully saturated rings. The number of allylic oxidation sites excluding steroid dienone is 1. The van der Waals surface area contributed by atoms with Crippen molar-refractivity contribution in [3.05, 3.63) is 71.1 Å². The van der Waals surface area contributed by atoms with Crippen molar-refractivity contribution >= 4 is 11.8 Å². The van der Waals surface area contributed by atoms with Gasteiger partial charge in [0, 0.05) is 18.1 Å². The number of hydrogen-bond acceptors (Lipinski definition) is 4. The maximum absolute atomic E-state index is 13.1. The van der Waals surface area contributed by atoms with E-state index in [1.54, 1.807) is 12.1 Å². The number of aliphatic hydroxyl groups excluding tert-OH is 1. The third kappa shape index (κ3) is 3.56. The Morgan fingerprint density at radius 1 is 1.24 bits per heavy atom. The van der Waals surface area contributed by atoms with Crippen LogP contribution in [0, 0.1) is 5.82 Å². The van der Waals surface area contributed by atoms with Gasteiger partial charge in [-0.15, -0.1) is 0 Å². The Labute approximate surface area is 118 Å². The van der Waals surface area contributed by atoms with E-state index < -0.39 is 23.3 Å². The van der Waals surface area contributed by atoms with Crippen LogP contribution < -0.4 is 0 Å². The monoisotopic (exact) mass is 290 g/mol. The van der Waals surface area contributed by atoms with Crippen molar-refractivity contribution in [2.24, 2.45) is 0 Å². The summed E-state index contributed by atoms with van der Waals surface area (Å²) in [6.45, 7) is 0. The highest BCUT2D eigenvalue weighted by atomic mass is 19.1. The fraction of sp³-hybridized carbons (Fsp3) is 0.0667. The molecule has 0 saturated carbocycles. The molecule has 0 amide bonds. The van der Waals surface area contributed by atoms with Crippen LogP contribution in [-0.4, -0.2) is 22.0 Å². The molecule has 2 N–H and O–H groups in total. The molecule has 6 heteroatoms. The average molecular weight is 290 g/mol. The first kappa shape index (κ1) is 14.5. The van der Waals surface area contributed by atoms with E-state index in [1.165, 1.54) is 24.5 Å². The lowest BCUT2D eigenvalue weighted by Crippen LogP contribution is -2.05. The molecule has 0 aliphatic carbocycles. The first-order valence-electron chi connectivity index (χ1n) is 5.96. The Morgan fingerprint density at radius 3 is 2.67 bits per heavy atom. The Bertz CT molecular complexity index is 714. The number of rotatable bonds is 5. The third-order valence-corrected chi connectivity index (χ3v) is 2.74. The second-order valence-corrected chi connectivity index (χ2v) is 4.28. The number of furan rings is 1. The van der Waals surface area contributed by atoms with E-state index in [2.05, 4.69) is 0 Å². The van der Waals surface area contributed by atoms with Gasteiger partial charge in [0.15, 0.2) is 5.76 Å². The van der Waals surface area contributed by atoms with Crippen molar-refractivity contribution < 1.29 is 28.6 Å². The molecular weight excluding hydrogens is 279 g/mol. The van der Waals surface area contributed by atoms with Gasteiger partial charge in [0.2, 0.25) is 11.5 Å². The second kappa shape index (κ2) is 6.04. The summed E-state index contributed by atoms with van der Waals surface area (Å²) in [5, 5.41) is 17.6. The van der Waals surface area contributed by atoms with Gasteiger partial charge in [0.25, 0.3) is 0 Å². The summed E-state index contributed by atoms with van der Waals surface area (Å²) in [5.41, 5.74) is 1.11. The number of carboxylic acids is 1. The molecule has 1 aromatic heterocycles. The molecule has 0 aliphatic rings. The van der Waals surface area contributed by atoms with Crippen LogP contribution in [-0.2, 0) is 11.2 Å². The quantitative estimate of drug-likeness (QED) is 0.502. The van der Waals surface area contributed by atoms with E-state index >= 15 is 0 Å². The number of aliphatic carboxylic acids is 1. The van der Waals surface area contributed by atoms with Gasteiger partial charge in [-0.25, -0.2) is 9.18 Å². The molecule has 21 heavy (non-hydrogen) atoms. The summed E-state index contributed by atoms with van der Waals surface area (Å²) < 4.78 is 18.1. The summed E-state index contributed by atoms with van der Waals surface area (Å²) in [4.78, 5) is 22.3. The Morgan fingerprint density at radius 2 is 2.00 bits per heavy atom. The zero-order valence-electron chi connectivity index (χ0n) is 10.7. The van der Waals surface area contributed by atoms with Crippen molar-refractivity contribution in [2.45, 2.75) is 6.42 Å². The predicted octanol–water partition coefficient (Wildman–Crippen LogP) is 2.72. The van der Waals surface area contributed by atoms with Gasteiger partial charge in [-0.05, 0) is 23.8 Å². The molecule has 2 rings (SSSR count). The van der Waals surface area contributed by atoms with Crippen molar-refractivity contribution in [1.82, 2.24) is 0 Å². The number of hydrogen-bond donors (Lipinski definition) is 2. The van der Waals surface area contributed by atoms with Gasteiger partial charge in [0.1, 0.15) is 5.82 Å². The van der Waals surface area contributed by atoms with Crippen LogP contribution in [0.25, 0.3) is 0 Å². The Hall–Kier alpha value is -2.89. The molecule has 0 atom stereocenters. The Kier molecular flexibility index (Phi) is 4.18.